The molecular formula is C14H20N2O2. The molecule has 1 aliphatic rings. The van der Waals surface area contributed by atoms with Gasteiger partial charge in [0, 0.05) is 16.9 Å². The third kappa shape index (κ3) is 2.48. The third-order valence-corrected chi connectivity index (χ3v) is 3.71. The van der Waals surface area contributed by atoms with E-state index in [0.717, 1.165) is 31.4 Å². The van der Waals surface area contributed by atoms with E-state index in [1.807, 2.05) is 6.07 Å². The Morgan fingerprint density at radius 3 is 2.67 bits per heavy atom. The van der Waals surface area contributed by atoms with Gasteiger partial charge in [0.1, 0.15) is 0 Å². The summed E-state index contributed by atoms with van der Waals surface area (Å²) in [7, 11) is 0. The number of nitrogens with two attached hydrogens (primary N) is 1. The van der Waals surface area contributed by atoms with E-state index in [2.05, 4.69) is 5.32 Å². The topological polar surface area (TPSA) is 75.3 Å². The molecule has 0 amide bonds. The second-order valence-electron chi connectivity index (χ2n) is 5.13. The normalized spacial score (nSPS) is 17.7. The molecule has 0 saturated heterocycles. The summed E-state index contributed by atoms with van der Waals surface area (Å²) in [5.74, 6) is -0.0411. The average Bonchev–Trinajstić information content (AvgIpc) is 2.80. The van der Waals surface area contributed by atoms with Crippen molar-refractivity contribution in [3.8, 4) is 0 Å². The van der Waals surface area contributed by atoms with Crippen LogP contribution in [0, 0.1) is 0 Å². The molecule has 0 aliphatic heterocycles. The molecule has 1 aromatic rings. The Labute approximate surface area is 107 Å². The van der Waals surface area contributed by atoms with Gasteiger partial charge in [-0.3, -0.25) is 4.79 Å². The van der Waals surface area contributed by atoms with Crippen LogP contribution in [0.25, 0.3) is 0 Å². The van der Waals surface area contributed by atoms with Crippen molar-refractivity contribution >= 4 is 17.2 Å². The molecule has 0 radical (unpaired) electrons. The molecule has 18 heavy (non-hydrogen) atoms. The number of hydrogen-bond acceptors (Lipinski definition) is 4. The van der Waals surface area contributed by atoms with Crippen molar-refractivity contribution in [3.05, 3.63) is 23.8 Å². The van der Waals surface area contributed by atoms with Crippen molar-refractivity contribution < 1.29 is 9.90 Å². The van der Waals surface area contributed by atoms with Crippen LogP contribution in [0.2, 0.25) is 0 Å². The molecule has 2 rings (SSSR count). The van der Waals surface area contributed by atoms with Gasteiger partial charge in [-0.2, -0.15) is 0 Å². The summed E-state index contributed by atoms with van der Waals surface area (Å²) >= 11 is 0. The van der Waals surface area contributed by atoms with Crippen LogP contribution in [-0.2, 0) is 0 Å². The Bertz CT molecular complexity index is 451. The number of aliphatic hydroxyl groups is 1. The fourth-order valence-electron chi connectivity index (χ4n) is 2.62. The Balaban J connectivity index is 2.24. The Hall–Kier alpha value is -1.55. The fraction of sp³-hybridized carbons (Fsp3) is 0.500. The molecule has 4 nitrogen and oxygen atoms in total. The monoisotopic (exact) mass is 248 g/mol. The Kier molecular flexibility index (Phi) is 3.57. The first kappa shape index (κ1) is 12.9. The number of anilines is 2. The van der Waals surface area contributed by atoms with Crippen molar-refractivity contribution in [1.82, 2.24) is 0 Å². The van der Waals surface area contributed by atoms with Gasteiger partial charge in [0.25, 0.3) is 0 Å². The number of Topliss-reactive ketones (excluding diaryl/α,β-unsaturated/α-hetero) is 1. The van der Waals surface area contributed by atoms with Crippen LogP contribution < -0.4 is 11.1 Å². The number of carbonyl (C=O) groups is 1. The standard InChI is InChI=1S/C14H20N2O2/c1-10(18)12-8-11(4-5-13(12)15)16-14(9-17)6-2-3-7-14/h4-5,8,16-17H,2-3,6-7,9,15H2,1H3. The molecule has 0 bridgehead atoms. The Morgan fingerprint density at radius 2 is 2.11 bits per heavy atom. The maximum atomic E-state index is 11.4. The van der Waals surface area contributed by atoms with Gasteiger partial charge >= 0.3 is 0 Å². The number of nitrogens with one attached hydrogen (secondary N) is 1. The van der Waals surface area contributed by atoms with Gasteiger partial charge in [-0.15, -0.1) is 0 Å². The predicted octanol–water partition coefficient (Wildman–Crippen LogP) is 2.19. The second-order valence-corrected chi connectivity index (χ2v) is 5.13. The quantitative estimate of drug-likeness (QED) is 0.564. The number of aliphatic hydroxyl groups excluding tert-OH is 1. The van der Waals surface area contributed by atoms with Crippen LogP contribution in [0.1, 0.15) is 43.0 Å². The lowest BCUT2D eigenvalue weighted by atomic mass is 9.98. The predicted molar refractivity (Wildman–Crippen MR) is 72.8 cm³/mol. The first-order valence-corrected chi connectivity index (χ1v) is 6.36. The van der Waals surface area contributed by atoms with Crippen LogP contribution in [0.5, 0.6) is 0 Å². The third-order valence-electron chi connectivity index (χ3n) is 3.71. The SMILES string of the molecule is CC(=O)c1cc(NC2(CO)CCCC2)ccc1N. The second kappa shape index (κ2) is 4.98. The van der Waals surface area contributed by atoms with Crippen molar-refractivity contribution in [1.29, 1.82) is 0 Å². The summed E-state index contributed by atoms with van der Waals surface area (Å²) in [6.45, 7) is 1.62. The molecular weight excluding hydrogens is 228 g/mol. The van der Waals surface area contributed by atoms with Gasteiger partial charge in [-0.1, -0.05) is 12.8 Å². The molecule has 0 atom stereocenters. The smallest absolute Gasteiger partial charge is 0.161 e. The van der Waals surface area contributed by atoms with Crippen molar-refractivity contribution in [2.24, 2.45) is 0 Å². The summed E-state index contributed by atoms with van der Waals surface area (Å²) in [6, 6.07) is 5.37. The van der Waals surface area contributed by atoms with Gasteiger partial charge in [-0.25, -0.2) is 0 Å². The highest BCUT2D eigenvalue weighted by Crippen LogP contribution is 2.33. The fourth-order valence-corrected chi connectivity index (χ4v) is 2.62. The molecule has 4 N–H and O–H groups in total. The van der Waals surface area contributed by atoms with E-state index < -0.39 is 0 Å². The van der Waals surface area contributed by atoms with Crippen molar-refractivity contribution in [3.63, 3.8) is 0 Å². The van der Waals surface area contributed by atoms with Crippen molar-refractivity contribution in [2.75, 3.05) is 17.7 Å². The summed E-state index contributed by atoms with van der Waals surface area (Å²) < 4.78 is 0. The number of nitrogen functional groups attached to an aromatic ring is 1. The van der Waals surface area contributed by atoms with E-state index in [-0.39, 0.29) is 17.9 Å². The number of benzene rings is 1. The lowest BCUT2D eigenvalue weighted by molar-refractivity contribution is 0.101. The van der Waals surface area contributed by atoms with E-state index in [4.69, 9.17) is 5.73 Å². The van der Waals surface area contributed by atoms with Gasteiger partial charge in [0.05, 0.1) is 12.1 Å². The highest BCUT2D eigenvalue weighted by molar-refractivity contribution is 6.00. The zero-order valence-electron chi connectivity index (χ0n) is 10.7. The number of hydrogen-bond donors (Lipinski definition) is 3. The molecule has 4 heteroatoms. The van der Waals surface area contributed by atoms with Crippen LogP contribution in [0.4, 0.5) is 11.4 Å². The van der Waals surface area contributed by atoms with Gasteiger partial charge in [0.15, 0.2) is 5.78 Å². The number of ketones is 1. The average molecular weight is 248 g/mol. The largest absolute Gasteiger partial charge is 0.398 e. The summed E-state index contributed by atoms with van der Waals surface area (Å²) in [5, 5.41) is 12.9. The molecule has 0 spiro atoms. The summed E-state index contributed by atoms with van der Waals surface area (Å²) in [6.07, 6.45) is 4.18. The van der Waals surface area contributed by atoms with E-state index in [0.29, 0.717) is 11.3 Å². The highest BCUT2D eigenvalue weighted by Gasteiger charge is 2.32. The molecule has 0 aromatic heterocycles. The summed E-state index contributed by atoms with van der Waals surface area (Å²) in [5.41, 5.74) is 7.42. The van der Waals surface area contributed by atoms with Crippen LogP contribution in [0.15, 0.2) is 18.2 Å². The molecule has 1 saturated carbocycles. The minimum atomic E-state index is -0.232. The maximum absolute atomic E-state index is 11.4. The first-order valence-electron chi connectivity index (χ1n) is 6.36. The lowest BCUT2D eigenvalue weighted by Gasteiger charge is -2.29. The zero-order valence-corrected chi connectivity index (χ0v) is 10.7. The van der Waals surface area contributed by atoms with Crippen LogP contribution >= 0.6 is 0 Å². The zero-order chi connectivity index (χ0) is 13.2. The minimum absolute atomic E-state index is 0.0411. The van der Waals surface area contributed by atoms with E-state index in [1.165, 1.54) is 6.92 Å². The molecule has 0 unspecified atom stereocenters. The van der Waals surface area contributed by atoms with Crippen molar-refractivity contribution in [2.45, 2.75) is 38.1 Å². The van der Waals surface area contributed by atoms with Gasteiger partial charge < -0.3 is 16.2 Å². The maximum Gasteiger partial charge on any atom is 0.161 e. The molecule has 0 heterocycles. The lowest BCUT2D eigenvalue weighted by Crippen LogP contribution is -2.39. The summed E-state index contributed by atoms with van der Waals surface area (Å²) in [4.78, 5) is 11.4. The number of carbonyl (C=O) groups excluding carboxylic acids is 1. The van der Waals surface area contributed by atoms with E-state index in [9.17, 15) is 9.90 Å². The molecule has 98 valence electrons. The molecule has 1 fully saturated rings. The van der Waals surface area contributed by atoms with Crippen LogP contribution in [-0.4, -0.2) is 23.0 Å². The van der Waals surface area contributed by atoms with Gasteiger partial charge in [0.2, 0.25) is 0 Å². The van der Waals surface area contributed by atoms with Crippen LogP contribution in [0.3, 0.4) is 0 Å². The minimum Gasteiger partial charge on any atom is -0.398 e. The first-order chi connectivity index (χ1) is 8.56. The molecule has 1 aromatic carbocycles. The van der Waals surface area contributed by atoms with E-state index >= 15 is 0 Å². The molecule has 1 aliphatic carbocycles. The van der Waals surface area contributed by atoms with Gasteiger partial charge in [-0.05, 0) is 38.0 Å². The number of rotatable bonds is 4. The Morgan fingerprint density at radius 1 is 1.44 bits per heavy atom. The highest BCUT2D eigenvalue weighted by atomic mass is 16.3. The van der Waals surface area contributed by atoms with E-state index in [1.54, 1.807) is 12.1 Å².